The van der Waals surface area contributed by atoms with Crippen LogP contribution in [0, 0.1) is 12.8 Å². The van der Waals surface area contributed by atoms with Crippen molar-refractivity contribution < 1.29 is 9.57 Å². The van der Waals surface area contributed by atoms with Crippen LogP contribution in [0.3, 0.4) is 0 Å². The Kier molecular flexibility index (Phi) is 3.71. The van der Waals surface area contributed by atoms with E-state index in [9.17, 15) is 0 Å². The molecule has 0 spiro atoms. The molecule has 1 aliphatic carbocycles. The second-order valence-electron chi connectivity index (χ2n) is 5.28. The van der Waals surface area contributed by atoms with E-state index in [1.807, 2.05) is 13.8 Å². The molecular formula is C14H20N4O2. The first-order chi connectivity index (χ1) is 9.76. The van der Waals surface area contributed by atoms with Gasteiger partial charge in [0.05, 0.1) is 18.9 Å². The smallest absolute Gasteiger partial charge is 0.226 e. The molecule has 1 saturated carbocycles. The second kappa shape index (κ2) is 5.64. The summed E-state index contributed by atoms with van der Waals surface area (Å²) in [6.45, 7) is 5.14. The highest BCUT2D eigenvalue weighted by molar-refractivity contribution is 5.89. The Morgan fingerprint density at radius 2 is 2.30 bits per heavy atom. The lowest BCUT2D eigenvalue weighted by Gasteiger charge is -2.11. The van der Waals surface area contributed by atoms with Gasteiger partial charge in [-0.3, -0.25) is 0 Å². The van der Waals surface area contributed by atoms with Crippen molar-refractivity contribution >= 4 is 11.7 Å². The van der Waals surface area contributed by atoms with Crippen molar-refractivity contribution in [3.63, 3.8) is 0 Å². The van der Waals surface area contributed by atoms with Gasteiger partial charge in [-0.15, -0.1) is 0 Å². The van der Waals surface area contributed by atoms with Crippen molar-refractivity contribution in [1.82, 2.24) is 9.97 Å². The minimum atomic E-state index is 0.0889. The summed E-state index contributed by atoms with van der Waals surface area (Å²) in [5.41, 5.74) is 2.16. The Labute approximate surface area is 118 Å². The number of anilines is 1. The number of nitrogens with zero attached hydrogens (tertiary/aromatic N) is 3. The summed E-state index contributed by atoms with van der Waals surface area (Å²) in [6, 6.07) is 0. The number of aryl methyl sites for hydroxylation is 1. The summed E-state index contributed by atoms with van der Waals surface area (Å²) in [7, 11) is 0. The van der Waals surface area contributed by atoms with Gasteiger partial charge in [0.15, 0.2) is 0 Å². The van der Waals surface area contributed by atoms with Gasteiger partial charge in [0, 0.05) is 24.1 Å². The molecule has 2 aliphatic rings. The third-order valence-electron chi connectivity index (χ3n) is 3.50. The molecule has 0 radical (unpaired) electrons. The van der Waals surface area contributed by atoms with E-state index in [1.165, 1.54) is 18.6 Å². The number of ether oxygens (including phenoxy) is 1. The van der Waals surface area contributed by atoms with E-state index in [1.54, 1.807) is 6.20 Å². The Morgan fingerprint density at radius 1 is 1.45 bits per heavy atom. The number of rotatable bonds is 6. The number of nitrogens with one attached hydrogen (secondary N) is 1. The lowest BCUT2D eigenvalue weighted by atomic mass is 10.1. The van der Waals surface area contributed by atoms with Gasteiger partial charge in [-0.25, -0.2) is 4.98 Å². The van der Waals surface area contributed by atoms with Gasteiger partial charge in [-0.1, -0.05) is 5.16 Å². The number of hydrogen-bond acceptors (Lipinski definition) is 6. The highest BCUT2D eigenvalue weighted by atomic mass is 16.6. The third kappa shape index (κ3) is 3.00. The minimum absolute atomic E-state index is 0.0889. The SMILES string of the molecule is CCOc1nc(NCC2CC(C3CC3)=NO2)ncc1C. The molecule has 0 bridgehead atoms. The molecule has 1 aromatic heterocycles. The molecule has 0 amide bonds. The molecule has 6 nitrogen and oxygen atoms in total. The maximum absolute atomic E-state index is 5.46. The first kappa shape index (κ1) is 13.1. The molecule has 3 rings (SSSR count). The summed E-state index contributed by atoms with van der Waals surface area (Å²) in [6.07, 6.45) is 5.30. The van der Waals surface area contributed by atoms with Crippen molar-refractivity contribution in [2.75, 3.05) is 18.5 Å². The summed E-state index contributed by atoms with van der Waals surface area (Å²) in [5.74, 6) is 1.88. The van der Waals surface area contributed by atoms with E-state index in [4.69, 9.17) is 9.57 Å². The molecule has 1 N–H and O–H groups in total. The number of hydrogen-bond donors (Lipinski definition) is 1. The minimum Gasteiger partial charge on any atom is -0.478 e. The van der Waals surface area contributed by atoms with Crippen LogP contribution in [-0.2, 0) is 4.84 Å². The van der Waals surface area contributed by atoms with Gasteiger partial charge in [0.25, 0.3) is 0 Å². The molecule has 108 valence electrons. The van der Waals surface area contributed by atoms with Gasteiger partial charge in [-0.2, -0.15) is 4.98 Å². The fraction of sp³-hybridized carbons (Fsp3) is 0.643. The van der Waals surface area contributed by atoms with Crippen LogP contribution in [0.15, 0.2) is 11.4 Å². The molecule has 1 aliphatic heterocycles. The van der Waals surface area contributed by atoms with Crippen molar-refractivity contribution in [3.8, 4) is 5.88 Å². The van der Waals surface area contributed by atoms with Gasteiger partial charge < -0.3 is 14.9 Å². The largest absolute Gasteiger partial charge is 0.478 e. The first-order valence-corrected chi connectivity index (χ1v) is 7.19. The second-order valence-corrected chi connectivity index (χ2v) is 5.28. The summed E-state index contributed by atoms with van der Waals surface area (Å²) in [5, 5.41) is 7.36. The molecule has 1 unspecified atom stereocenters. The predicted molar refractivity (Wildman–Crippen MR) is 76.1 cm³/mol. The topological polar surface area (TPSA) is 68.6 Å². The molecule has 20 heavy (non-hydrogen) atoms. The van der Waals surface area contributed by atoms with Crippen LogP contribution in [0.5, 0.6) is 5.88 Å². The standard InChI is InChI=1S/C14H20N4O2/c1-3-19-13-9(2)7-15-14(17-13)16-8-11-6-12(18-20-11)10-4-5-10/h7,10-11H,3-6,8H2,1-2H3,(H,15,16,17). The van der Waals surface area contributed by atoms with Crippen molar-refractivity contribution in [2.45, 2.75) is 39.2 Å². The molecule has 1 fully saturated rings. The number of aromatic nitrogens is 2. The van der Waals surface area contributed by atoms with Gasteiger partial charge >= 0.3 is 0 Å². The van der Waals surface area contributed by atoms with E-state index >= 15 is 0 Å². The van der Waals surface area contributed by atoms with Crippen LogP contribution in [0.1, 0.15) is 31.7 Å². The Hall–Kier alpha value is -1.85. The van der Waals surface area contributed by atoms with Gasteiger partial charge in [0.1, 0.15) is 6.10 Å². The number of oxime groups is 1. The fourth-order valence-electron chi connectivity index (χ4n) is 2.22. The van der Waals surface area contributed by atoms with Crippen LogP contribution in [0.2, 0.25) is 0 Å². The molecule has 1 atom stereocenters. The van der Waals surface area contributed by atoms with Crippen molar-refractivity contribution in [3.05, 3.63) is 11.8 Å². The van der Waals surface area contributed by atoms with Crippen molar-refractivity contribution in [2.24, 2.45) is 11.1 Å². The normalized spacial score (nSPS) is 21.3. The summed E-state index contributed by atoms with van der Waals surface area (Å²) >= 11 is 0. The van der Waals surface area contributed by atoms with Crippen LogP contribution in [0.25, 0.3) is 0 Å². The Morgan fingerprint density at radius 3 is 3.05 bits per heavy atom. The van der Waals surface area contributed by atoms with Gasteiger partial charge in [-0.05, 0) is 26.7 Å². The highest BCUT2D eigenvalue weighted by Crippen LogP contribution is 2.34. The summed E-state index contributed by atoms with van der Waals surface area (Å²) < 4.78 is 5.46. The maximum Gasteiger partial charge on any atom is 0.226 e. The van der Waals surface area contributed by atoms with Crippen LogP contribution >= 0.6 is 0 Å². The maximum atomic E-state index is 5.46. The zero-order valence-corrected chi connectivity index (χ0v) is 11.9. The zero-order chi connectivity index (χ0) is 13.9. The molecule has 2 heterocycles. The Balaban J connectivity index is 1.52. The molecule has 6 heteroatoms. The monoisotopic (exact) mass is 276 g/mol. The zero-order valence-electron chi connectivity index (χ0n) is 11.9. The Bertz CT molecular complexity index is 514. The first-order valence-electron chi connectivity index (χ1n) is 7.19. The average molecular weight is 276 g/mol. The molecule has 1 aromatic rings. The lowest BCUT2D eigenvalue weighted by molar-refractivity contribution is 0.0947. The summed E-state index contributed by atoms with van der Waals surface area (Å²) in [4.78, 5) is 14.0. The van der Waals surface area contributed by atoms with E-state index in [0.29, 0.717) is 30.9 Å². The lowest BCUT2D eigenvalue weighted by Crippen LogP contribution is -2.21. The van der Waals surface area contributed by atoms with Crippen molar-refractivity contribution in [1.29, 1.82) is 0 Å². The van der Waals surface area contributed by atoms with Gasteiger partial charge in [0.2, 0.25) is 11.8 Å². The highest BCUT2D eigenvalue weighted by Gasteiger charge is 2.33. The van der Waals surface area contributed by atoms with E-state index in [2.05, 4.69) is 20.4 Å². The van der Waals surface area contributed by atoms with Crippen LogP contribution in [-0.4, -0.2) is 34.9 Å². The molecule has 0 saturated heterocycles. The predicted octanol–water partition coefficient (Wildman–Crippen LogP) is 2.15. The van der Waals surface area contributed by atoms with Crippen LogP contribution in [0.4, 0.5) is 5.95 Å². The third-order valence-corrected chi connectivity index (χ3v) is 3.50. The van der Waals surface area contributed by atoms with E-state index < -0.39 is 0 Å². The fourth-order valence-corrected chi connectivity index (χ4v) is 2.22. The van der Waals surface area contributed by atoms with E-state index in [0.717, 1.165) is 12.0 Å². The van der Waals surface area contributed by atoms with E-state index in [-0.39, 0.29) is 6.10 Å². The van der Waals surface area contributed by atoms with Crippen LogP contribution < -0.4 is 10.1 Å². The quantitative estimate of drug-likeness (QED) is 0.862. The average Bonchev–Trinajstić information content (AvgIpc) is 3.19. The molecule has 0 aromatic carbocycles. The molecular weight excluding hydrogens is 256 g/mol.